The van der Waals surface area contributed by atoms with Crippen molar-refractivity contribution >= 4 is 34.9 Å². The van der Waals surface area contributed by atoms with Crippen molar-refractivity contribution in [1.82, 2.24) is 20.2 Å². The Bertz CT molecular complexity index is 847. The Morgan fingerprint density at radius 2 is 1.77 bits per heavy atom. The third-order valence-electron chi connectivity index (χ3n) is 4.70. The summed E-state index contributed by atoms with van der Waals surface area (Å²) in [6, 6.07) is 12.4. The van der Waals surface area contributed by atoms with Gasteiger partial charge < -0.3 is 19.9 Å². The van der Waals surface area contributed by atoms with Gasteiger partial charge in [0.1, 0.15) is 0 Å². The Labute approximate surface area is 183 Å². The highest BCUT2D eigenvalue weighted by Gasteiger charge is 2.21. The molecule has 2 aromatic rings. The number of nitrogens with one attached hydrogen (secondary N) is 2. The van der Waals surface area contributed by atoms with Crippen LogP contribution in [-0.2, 0) is 4.74 Å². The van der Waals surface area contributed by atoms with E-state index in [0.29, 0.717) is 30.2 Å². The number of para-hydroxylation sites is 1. The molecule has 0 amide bonds. The van der Waals surface area contributed by atoms with E-state index in [2.05, 4.69) is 59.7 Å². The van der Waals surface area contributed by atoms with Gasteiger partial charge in [0, 0.05) is 56.9 Å². The van der Waals surface area contributed by atoms with Crippen LogP contribution in [0.2, 0.25) is 0 Å². The molecular formula is C21H29N7OS. The number of aryl methyl sites for hydroxylation is 2. The number of aromatic nitrogens is 2. The molecule has 0 saturated carbocycles. The fourth-order valence-corrected chi connectivity index (χ4v) is 3.46. The first kappa shape index (κ1) is 21.9. The summed E-state index contributed by atoms with van der Waals surface area (Å²) in [4.78, 5) is 18.2. The molecule has 1 aromatic heterocycles. The number of aliphatic imine (C=N–C) groups is 1. The van der Waals surface area contributed by atoms with Gasteiger partial charge in [-0.2, -0.15) is 4.99 Å². The smallest absolute Gasteiger partial charge is 0.229 e. The van der Waals surface area contributed by atoms with E-state index in [-0.39, 0.29) is 0 Å². The van der Waals surface area contributed by atoms with Crippen molar-refractivity contribution in [2.24, 2.45) is 4.99 Å². The molecule has 0 aliphatic carbocycles. The first-order valence-corrected chi connectivity index (χ1v) is 10.5. The molecule has 1 aromatic carbocycles. The maximum absolute atomic E-state index is 5.41. The molecular weight excluding hydrogens is 398 g/mol. The zero-order chi connectivity index (χ0) is 21.3. The lowest BCUT2D eigenvalue weighted by Gasteiger charge is -2.37. The fraction of sp³-hybridized carbons (Fsp3) is 0.429. The predicted octanol–water partition coefficient (Wildman–Crippen LogP) is 2.20. The molecule has 1 fully saturated rings. The number of rotatable bonds is 5. The molecule has 2 N–H and O–H groups in total. The quantitative estimate of drug-likeness (QED) is 0.326. The second-order valence-electron chi connectivity index (χ2n) is 7.07. The van der Waals surface area contributed by atoms with E-state index in [1.807, 2.05) is 26.0 Å². The van der Waals surface area contributed by atoms with Crippen molar-refractivity contribution in [2.75, 3.05) is 56.7 Å². The zero-order valence-corrected chi connectivity index (χ0v) is 18.6. The summed E-state index contributed by atoms with van der Waals surface area (Å²) in [6.07, 6.45) is 0. The number of hydrogen-bond donors (Lipinski definition) is 2. The third-order valence-corrected chi connectivity index (χ3v) is 4.93. The molecule has 0 spiro atoms. The molecule has 0 bridgehead atoms. The lowest BCUT2D eigenvalue weighted by Crippen LogP contribution is -2.51. The van der Waals surface area contributed by atoms with Crippen LogP contribution in [0.1, 0.15) is 11.4 Å². The highest BCUT2D eigenvalue weighted by atomic mass is 32.1. The van der Waals surface area contributed by atoms with Crippen LogP contribution in [0.25, 0.3) is 0 Å². The van der Waals surface area contributed by atoms with E-state index in [1.165, 1.54) is 5.69 Å². The van der Waals surface area contributed by atoms with Crippen LogP contribution in [0.3, 0.4) is 0 Å². The summed E-state index contributed by atoms with van der Waals surface area (Å²) in [5, 5.41) is 6.79. The molecule has 0 unspecified atom stereocenters. The highest BCUT2D eigenvalue weighted by molar-refractivity contribution is 7.80. The minimum absolute atomic E-state index is 0.407. The van der Waals surface area contributed by atoms with Crippen molar-refractivity contribution in [1.29, 1.82) is 0 Å². The van der Waals surface area contributed by atoms with Crippen molar-refractivity contribution in [3.8, 4) is 0 Å². The fourth-order valence-electron chi connectivity index (χ4n) is 3.27. The summed E-state index contributed by atoms with van der Waals surface area (Å²) < 4.78 is 5.07. The molecule has 2 heterocycles. The normalized spacial score (nSPS) is 14.6. The van der Waals surface area contributed by atoms with Crippen molar-refractivity contribution in [2.45, 2.75) is 13.8 Å². The average molecular weight is 428 g/mol. The van der Waals surface area contributed by atoms with Crippen LogP contribution in [0, 0.1) is 13.8 Å². The van der Waals surface area contributed by atoms with Crippen LogP contribution < -0.4 is 15.5 Å². The Morgan fingerprint density at radius 1 is 1.10 bits per heavy atom. The maximum atomic E-state index is 5.41. The molecule has 1 saturated heterocycles. The van der Waals surface area contributed by atoms with Gasteiger partial charge >= 0.3 is 0 Å². The number of nitrogens with zero attached hydrogens (tertiary/aromatic N) is 5. The van der Waals surface area contributed by atoms with Crippen molar-refractivity contribution in [3.63, 3.8) is 0 Å². The largest absolute Gasteiger partial charge is 0.383 e. The molecule has 9 heteroatoms. The van der Waals surface area contributed by atoms with Crippen molar-refractivity contribution in [3.05, 3.63) is 47.8 Å². The number of benzene rings is 1. The number of ether oxygens (including phenoxy) is 1. The first-order valence-electron chi connectivity index (χ1n) is 10.0. The van der Waals surface area contributed by atoms with Gasteiger partial charge in [-0.1, -0.05) is 18.2 Å². The third kappa shape index (κ3) is 6.36. The summed E-state index contributed by atoms with van der Waals surface area (Å²) in [6.45, 7) is 8.48. The van der Waals surface area contributed by atoms with E-state index in [9.17, 15) is 0 Å². The average Bonchev–Trinajstić information content (AvgIpc) is 2.73. The Balaban J connectivity index is 1.73. The molecule has 3 rings (SSSR count). The Hall–Kier alpha value is -2.78. The number of guanidine groups is 1. The molecule has 0 radical (unpaired) electrons. The topological polar surface area (TPSA) is 77.9 Å². The molecule has 1 aliphatic heterocycles. The lowest BCUT2D eigenvalue weighted by molar-refractivity contribution is 0.204. The number of anilines is 2. The van der Waals surface area contributed by atoms with E-state index in [0.717, 1.165) is 37.6 Å². The molecule has 0 atom stereocenters. The molecule has 30 heavy (non-hydrogen) atoms. The SMILES string of the molecule is COCCNC(=S)/N=C(/Nc1nc(C)cc(C)n1)N1CCN(c2ccccc2)CC1. The standard InChI is InChI=1S/C21H29N7OS/c1-16-15-17(2)24-19(23-16)25-20(26-21(30)22-9-14-29-3)28-12-10-27(11-13-28)18-7-5-4-6-8-18/h4-8,15H,9-14H2,1-3H3,(H2,22,23,24,25,26,30). The van der Waals surface area contributed by atoms with Gasteiger partial charge in [-0.05, 0) is 44.3 Å². The predicted molar refractivity (Wildman–Crippen MR) is 125 cm³/mol. The van der Waals surface area contributed by atoms with E-state index in [4.69, 9.17) is 17.0 Å². The Morgan fingerprint density at radius 3 is 2.40 bits per heavy atom. The summed E-state index contributed by atoms with van der Waals surface area (Å²) in [5.74, 6) is 1.18. The molecule has 160 valence electrons. The van der Waals surface area contributed by atoms with E-state index < -0.39 is 0 Å². The summed E-state index contributed by atoms with van der Waals surface area (Å²) in [7, 11) is 1.66. The van der Waals surface area contributed by atoms with Gasteiger partial charge in [-0.25, -0.2) is 9.97 Å². The summed E-state index contributed by atoms with van der Waals surface area (Å²) >= 11 is 5.41. The molecule has 8 nitrogen and oxygen atoms in total. The Kier molecular flexibility index (Phi) is 7.92. The molecule has 1 aliphatic rings. The maximum Gasteiger partial charge on any atom is 0.229 e. The van der Waals surface area contributed by atoms with E-state index in [1.54, 1.807) is 7.11 Å². The van der Waals surface area contributed by atoms with Crippen LogP contribution in [0.5, 0.6) is 0 Å². The minimum Gasteiger partial charge on any atom is -0.383 e. The van der Waals surface area contributed by atoms with E-state index >= 15 is 0 Å². The second-order valence-corrected chi connectivity index (χ2v) is 7.46. The van der Waals surface area contributed by atoms with Crippen LogP contribution in [-0.4, -0.2) is 72.4 Å². The number of hydrogen-bond acceptors (Lipinski definition) is 5. The van der Waals surface area contributed by atoms with Crippen LogP contribution in [0.15, 0.2) is 41.4 Å². The zero-order valence-electron chi connectivity index (χ0n) is 17.8. The lowest BCUT2D eigenvalue weighted by atomic mass is 10.2. The second kappa shape index (κ2) is 10.8. The van der Waals surface area contributed by atoms with Gasteiger partial charge in [0.15, 0.2) is 5.11 Å². The van der Waals surface area contributed by atoms with Crippen molar-refractivity contribution < 1.29 is 4.74 Å². The first-order chi connectivity index (χ1) is 14.5. The van der Waals surface area contributed by atoms with Gasteiger partial charge in [0.2, 0.25) is 11.9 Å². The van der Waals surface area contributed by atoms with Gasteiger partial charge in [-0.3, -0.25) is 5.32 Å². The number of thiocarbonyl (C=S) groups is 1. The summed E-state index contributed by atoms with van der Waals surface area (Å²) in [5.41, 5.74) is 3.04. The minimum atomic E-state index is 0.407. The number of methoxy groups -OCH3 is 1. The van der Waals surface area contributed by atoms with Crippen LogP contribution in [0.4, 0.5) is 11.6 Å². The van der Waals surface area contributed by atoms with Crippen LogP contribution >= 0.6 is 12.2 Å². The van der Waals surface area contributed by atoms with Gasteiger partial charge in [0.25, 0.3) is 0 Å². The monoisotopic (exact) mass is 427 g/mol. The highest BCUT2D eigenvalue weighted by Crippen LogP contribution is 2.16. The van der Waals surface area contributed by atoms with Gasteiger partial charge in [-0.15, -0.1) is 0 Å². The van der Waals surface area contributed by atoms with Gasteiger partial charge in [0.05, 0.1) is 6.61 Å². The number of piperazine rings is 1.